The number of ether oxygens (including phenoxy) is 3. The van der Waals surface area contributed by atoms with Gasteiger partial charge in [-0.25, -0.2) is 70.6 Å². The summed E-state index contributed by atoms with van der Waals surface area (Å²) in [6.07, 6.45) is 0. The molecule has 15 rings (SSSR count). The Morgan fingerprint density at radius 3 is 0.949 bits per heavy atom. The molecule has 0 aliphatic rings. The van der Waals surface area contributed by atoms with Crippen LogP contribution in [0, 0.1) is 17.5 Å². The van der Waals surface area contributed by atoms with E-state index in [0.717, 1.165) is 69.4 Å². The van der Waals surface area contributed by atoms with E-state index in [1.807, 2.05) is 149 Å². The number of fused-ring (bicyclic) bond motifs is 3. The maximum atomic E-state index is 13.6. The number of benzene rings is 9. The van der Waals surface area contributed by atoms with Gasteiger partial charge in [-0.3, -0.25) is 13.7 Å². The van der Waals surface area contributed by atoms with Crippen LogP contribution in [0.3, 0.4) is 0 Å². The Labute approximate surface area is 666 Å². The van der Waals surface area contributed by atoms with Crippen molar-refractivity contribution in [2.45, 2.75) is 58.9 Å². The Morgan fingerprint density at radius 1 is 0.333 bits per heavy atom. The number of nitrogens with one attached hydrogen (secondary N) is 4. The highest BCUT2D eigenvalue weighted by Gasteiger charge is 2.21. The van der Waals surface area contributed by atoms with Crippen LogP contribution >= 0.6 is 0 Å². The molecule has 6 aromatic heterocycles. The molecule has 0 amide bonds. The van der Waals surface area contributed by atoms with Crippen LogP contribution in [0.4, 0.5) is 48.9 Å². The molecule has 9 aromatic carbocycles. The lowest BCUT2D eigenvalue weighted by Gasteiger charge is -2.18. The fourth-order valence-electron chi connectivity index (χ4n) is 13.2. The molecule has 30 nitrogen and oxygen atoms in total. The van der Waals surface area contributed by atoms with Crippen molar-refractivity contribution in [1.82, 2.24) is 71.0 Å². The molecule has 0 unspecified atom stereocenters. The SMILES string of the molecule is CNc1nc2ccccc2n1CCNc1nc(=O)n(Cc2ccc(F)cc2)c(=O)n1Cc1ccc(OC)cc1.COc1ccc(Cn2c(NCCn3c(N(C)C)nc4ccccc43)nc(=O)n(Cc3ccc(F)cc3)c2=O)cc1.COc1ccc(Cn2c(NCCn3c(N)nc4ccccc43)nc(=O)n(Cc3ccc(F)cc3)c2=O)cc1. The Balaban J connectivity index is 0.000000152. The molecule has 0 bridgehead atoms. The maximum absolute atomic E-state index is 13.6. The quantitative estimate of drug-likeness (QED) is 0.0292. The van der Waals surface area contributed by atoms with E-state index in [-0.39, 0.29) is 57.1 Å². The summed E-state index contributed by atoms with van der Waals surface area (Å²) < 4.78 is 69.2. The molecule has 0 atom stereocenters. The van der Waals surface area contributed by atoms with Gasteiger partial charge in [0.15, 0.2) is 0 Å². The third kappa shape index (κ3) is 19.1. The number of nitrogens with zero attached hydrogens (tertiary/aromatic N) is 16. The van der Waals surface area contributed by atoms with Crippen molar-refractivity contribution in [2.24, 2.45) is 0 Å². The van der Waals surface area contributed by atoms with Gasteiger partial charge in [0.25, 0.3) is 0 Å². The third-order valence-corrected chi connectivity index (χ3v) is 19.2. The first-order valence-electron chi connectivity index (χ1n) is 37.2. The van der Waals surface area contributed by atoms with Crippen LogP contribution < -0.4 is 80.2 Å². The largest absolute Gasteiger partial charge is 0.497 e. The van der Waals surface area contributed by atoms with Crippen LogP contribution in [-0.2, 0) is 58.9 Å². The lowest BCUT2D eigenvalue weighted by Crippen LogP contribution is -2.43. The second-order valence-corrected chi connectivity index (χ2v) is 27.1. The number of hydrogen-bond donors (Lipinski definition) is 5. The molecule has 0 fully saturated rings. The van der Waals surface area contributed by atoms with E-state index in [4.69, 9.17) is 24.9 Å². The van der Waals surface area contributed by atoms with Gasteiger partial charge >= 0.3 is 34.1 Å². The van der Waals surface area contributed by atoms with Crippen molar-refractivity contribution < 1.29 is 27.4 Å². The van der Waals surface area contributed by atoms with E-state index in [1.54, 1.807) is 64.8 Å². The van der Waals surface area contributed by atoms with Crippen LogP contribution in [0.25, 0.3) is 33.1 Å². The minimum Gasteiger partial charge on any atom is -0.497 e. The van der Waals surface area contributed by atoms with Crippen LogP contribution in [0.15, 0.2) is 247 Å². The topological polar surface area (TPSA) is 329 Å². The Morgan fingerprint density at radius 2 is 0.615 bits per heavy atom. The first-order valence-corrected chi connectivity index (χ1v) is 37.2. The molecule has 0 radical (unpaired) electrons. The standard InChI is InChI=1S/C29H30FN7O3.C28H28FN7O3.C27H26FN7O3/c1-34(2)27-32-24-6-4-5-7-25(24)35(27)17-16-31-26-33-28(38)37(19-20-8-12-22(30)13-9-20)29(39)36(26)18-21-10-14-23(40-3)15-11-21;1-30-25-32-23-5-3-4-6-24(23)34(25)16-15-31-26-33-27(37)36(18-19-7-11-21(29)12-8-19)28(38)35(26)17-20-9-13-22(39-2)14-10-20;1-38-21-12-8-19(9-13-21)16-34-25(30-14-15-33-23-5-3-2-4-22(23)31-24(33)29)32-26(36)35(27(34)37)17-18-6-10-20(28)11-7-18/h4-15H,16-19H2,1-3H3,(H,31,33,38);3-14H,15-18H2,1-2H3,(H,30,32)(H,31,33,37);2-13H,14-17H2,1H3,(H2,29,31)(H,30,32,36). The lowest BCUT2D eigenvalue weighted by molar-refractivity contribution is 0.414. The highest BCUT2D eigenvalue weighted by atomic mass is 19.1. The molecule has 0 aliphatic heterocycles. The number of rotatable bonds is 29. The summed E-state index contributed by atoms with van der Waals surface area (Å²) in [4.78, 5) is 108. The van der Waals surface area contributed by atoms with Gasteiger partial charge in [-0.05, 0) is 143 Å². The van der Waals surface area contributed by atoms with Crippen LogP contribution in [-0.4, -0.2) is 133 Å². The summed E-state index contributed by atoms with van der Waals surface area (Å²) in [6.45, 7) is 2.99. The predicted molar refractivity (Wildman–Crippen MR) is 444 cm³/mol. The van der Waals surface area contributed by atoms with Crippen molar-refractivity contribution in [3.63, 3.8) is 0 Å². The van der Waals surface area contributed by atoms with Crippen LogP contribution in [0.5, 0.6) is 17.2 Å². The average molecular weight is 1590 g/mol. The Kier molecular flexibility index (Phi) is 25.2. The maximum Gasteiger partial charge on any atom is 0.355 e. The third-order valence-electron chi connectivity index (χ3n) is 19.2. The van der Waals surface area contributed by atoms with E-state index in [2.05, 4.69) is 50.8 Å². The zero-order chi connectivity index (χ0) is 82.2. The summed E-state index contributed by atoms with van der Waals surface area (Å²) in [5.41, 5.74) is 12.1. The Bertz CT molecular complexity index is 6360. The molecule has 6 N–H and O–H groups in total. The molecule has 0 aliphatic carbocycles. The number of methoxy groups -OCH3 is 3. The van der Waals surface area contributed by atoms with E-state index >= 15 is 0 Å². The Hall–Kier alpha value is -14.8. The summed E-state index contributed by atoms with van der Waals surface area (Å²) in [5.74, 6) is 3.20. The first kappa shape index (κ1) is 80.3. The molecular weight excluding hydrogens is 1500 g/mol. The van der Waals surface area contributed by atoms with Crippen molar-refractivity contribution in [3.8, 4) is 17.2 Å². The molecule has 6 heterocycles. The minimum atomic E-state index is -0.708. The van der Waals surface area contributed by atoms with Crippen molar-refractivity contribution in [3.05, 3.63) is 332 Å². The van der Waals surface area contributed by atoms with E-state index < -0.39 is 51.6 Å². The van der Waals surface area contributed by atoms with Gasteiger partial charge in [-0.15, -0.1) is 0 Å². The smallest absolute Gasteiger partial charge is 0.355 e. The predicted octanol–water partition coefficient (Wildman–Crippen LogP) is 9.02. The number of imidazole rings is 3. The van der Waals surface area contributed by atoms with E-state index in [9.17, 15) is 41.9 Å². The summed E-state index contributed by atoms with van der Waals surface area (Å²) in [6, 6.07) is 62.1. The molecule has 600 valence electrons. The molecule has 0 spiro atoms. The monoisotopic (exact) mass is 1590 g/mol. The summed E-state index contributed by atoms with van der Waals surface area (Å²) >= 11 is 0. The van der Waals surface area contributed by atoms with Crippen molar-refractivity contribution in [1.29, 1.82) is 0 Å². The van der Waals surface area contributed by atoms with Gasteiger partial charge in [0, 0.05) is 60.4 Å². The first-order chi connectivity index (χ1) is 56.7. The van der Waals surface area contributed by atoms with Crippen LogP contribution in [0.1, 0.15) is 33.4 Å². The van der Waals surface area contributed by atoms with E-state index in [0.29, 0.717) is 85.1 Å². The van der Waals surface area contributed by atoms with Crippen LogP contribution in [0.2, 0.25) is 0 Å². The second kappa shape index (κ2) is 36.8. The molecule has 0 saturated heterocycles. The highest BCUT2D eigenvalue weighted by molar-refractivity contribution is 5.80. The average Bonchev–Trinajstić information content (AvgIpc) is 1.69. The molecule has 117 heavy (non-hydrogen) atoms. The fourth-order valence-corrected chi connectivity index (χ4v) is 13.2. The van der Waals surface area contributed by atoms with Gasteiger partial charge in [0.05, 0.1) is 93.7 Å². The second-order valence-electron chi connectivity index (χ2n) is 27.1. The molecule has 15 aromatic rings. The fraction of sp³-hybridized carbons (Fsp3) is 0.214. The number of aromatic nitrogens is 15. The number of hydrogen-bond acceptors (Lipinski definition) is 21. The number of para-hydroxylation sites is 6. The number of anilines is 6. The summed E-state index contributed by atoms with van der Waals surface area (Å²) in [5, 5.41) is 12.6. The number of nitrogens with two attached hydrogens (primary N) is 1. The normalized spacial score (nSPS) is 11.1. The zero-order valence-electron chi connectivity index (χ0n) is 64.8. The van der Waals surface area contributed by atoms with Crippen molar-refractivity contribution >= 4 is 68.8 Å². The van der Waals surface area contributed by atoms with Gasteiger partial charge in [-0.2, -0.15) is 15.0 Å². The molecule has 0 saturated carbocycles. The number of nitrogen functional groups attached to an aromatic ring is 1. The lowest BCUT2D eigenvalue weighted by atomic mass is 10.2. The van der Waals surface area contributed by atoms with E-state index in [1.165, 1.54) is 74.4 Å². The molecular formula is C84H84F3N21O9. The molecule has 33 heteroatoms. The van der Waals surface area contributed by atoms with Gasteiger partial charge in [-0.1, -0.05) is 109 Å². The number of halogens is 3. The zero-order valence-corrected chi connectivity index (χ0v) is 64.8. The van der Waals surface area contributed by atoms with Gasteiger partial charge < -0.3 is 59.8 Å². The highest BCUT2D eigenvalue weighted by Crippen LogP contribution is 2.25. The summed E-state index contributed by atoms with van der Waals surface area (Å²) in [7, 11) is 10.4. The van der Waals surface area contributed by atoms with Crippen molar-refractivity contribution in [2.75, 3.05) is 94.0 Å². The van der Waals surface area contributed by atoms with Gasteiger partial charge in [0.2, 0.25) is 35.7 Å². The minimum absolute atomic E-state index is 0.0267. The van der Waals surface area contributed by atoms with Gasteiger partial charge in [0.1, 0.15) is 34.7 Å².